The van der Waals surface area contributed by atoms with Crippen molar-refractivity contribution >= 4 is 21.4 Å². The molecule has 2 aliphatic rings. The first-order chi connectivity index (χ1) is 9.97. The van der Waals surface area contributed by atoms with Crippen molar-refractivity contribution in [1.82, 2.24) is 0 Å². The summed E-state index contributed by atoms with van der Waals surface area (Å²) in [5.74, 6) is 1.66. The molecule has 116 valence electrons. The Morgan fingerprint density at radius 2 is 2.24 bits per heavy atom. The Kier molecular flexibility index (Phi) is 4.14. The van der Waals surface area contributed by atoms with Crippen LogP contribution >= 0.6 is 11.6 Å². The van der Waals surface area contributed by atoms with Gasteiger partial charge in [-0.1, -0.05) is 0 Å². The number of sulfone groups is 1. The van der Waals surface area contributed by atoms with Gasteiger partial charge in [0.25, 0.3) is 0 Å². The molecule has 0 aromatic heterocycles. The summed E-state index contributed by atoms with van der Waals surface area (Å²) < 4.78 is 42.2. The molecule has 2 heterocycles. The van der Waals surface area contributed by atoms with Gasteiger partial charge in [0.1, 0.15) is 17.7 Å². The molecule has 0 saturated carbocycles. The van der Waals surface area contributed by atoms with Crippen LogP contribution in [0, 0.1) is 17.7 Å². The molecule has 1 aromatic rings. The predicted octanol–water partition coefficient (Wildman–Crippen LogP) is 2.81. The van der Waals surface area contributed by atoms with Crippen molar-refractivity contribution in [3.63, 3.8) is 0 Å². The first kappa shape index (κ1) is 15.1. The minimum atomic E-state index is -2.89. The van der Waals surface area contributed by atoms with Crippen molar-refractivity contribution in [2.45, 2.75) is 25.4 Å². The fourth-order valence-corrected chi connectivity index (χ4v) is 5.63. The normalized spacial score (nSPS) is 28.1. The third-order valence-corrected chi connectivity index (χ3v) is 6.65. The van der Waals surface area contributed by atoms with Crippen LogP contribution in [0.2, 0.25) is 0 Å². The minimum absolute atomic E-state index is 0.0335. The fourth-order valence-electron chi connectivity index (χ4n) is 3.34. The third-order valence-electron chi connectivity index (χ3n) is 4.46. The molecule has 3 unspecified atom stereocenters. The average molecular weight is 333 g/mol. The van der Waals surface area contributed by atoms with E-state index in [0.717, 1.165) is 17.7 Å². The summed E-state index contributed by atoms with van der Waals surface area (Å²) in [5.41, 5.74) is 0.882. The molecule has 0 N–H and O–H groups in total. The van der Waals surface area contributed by atoms with Crippen molar-refractivity contribution in [3.8, 4) is 5.75 Å². The highest BCUT2D eigenvalue weighted by atomic mass is 35.5. The molecule has 6 heteroatoms. The van der Waals surface area contributed by atoms with Gasteiger partial charge in [-0.05, 0) is 42.9 Å². The number of halogens is 2. The van der Waals surface area contributed by atoms with Crippen molar-refractivity contribution in [2.75, 3.05) is 17.4 Å². The summed E-state index contributed by atoms with van der Waals surface area (Å²) in [6.07, 6.45) is 2.04. The van der Waals surface area contributed by atoms with Gasteiger partial charge in [-0.15, -0.1) is 11.6 Å². The second-order valence-electron chi connectivity index (χ2n) is 6.01. The van der Waals surface area contributed by atoms with Crippen LogP contribution < -0.4 is 4.74 Å². The molecular weight excluding hydrogens is 315 g/mol. The molecule has 1 fully saturated rings. The van der Waals surface area contributed by atoms with Crippen LogP contribution in [0.25, 0.3) is 0 Å². The highest BCUT2D eigenvalue weighted by molar-refractivity contribution is 7.91. The van der Waals surface area contributed by atoms with Gasteiger partial charge in [-0.25, -0.2) is 12.8 Å². The van der Waals surface area contributed by atoms with E-state index in [4.69, 9.17) is 16.3 Å². The Balaban J connectivity index is 1.64. The van der Waals surface area contributed by atoms with E-state index >= 15 is 0 Å². The summed E-state index contributed by atoms with van der Waals surface area (Å²) in [7, 11) is -2.89. The Morgan fingerprint density at radius 1 is 1.43 bits per heavy atom. The highest BCUT2D eigenvalue weighted by Gasteiger charge is 2.36. The Bertz CT molecular complexity index is 632. The van der Waals surface area contributed by atoms with E-state index in [-0.39, 0.29) is 35.3 Å². The second kappa shape index (κ2) is 5.76. The molecule has 0 bridgehead atoms. The van der Waals surface area contributed by atoms with Gasteiger partial charge in [0.15, 0.2) is 9.84 Å². The smallest absolute Gasteiger partial charge is 0.150 e. The summed E-state index contributed by atoms with van der Waals surface area (Å²) in [6.45, 7) is 0. The molecule has 2 aliphatic heterocycles. The van der Waals surface area contributed by atoms with Crippen LogP contribution in [-0.4, -0.2) is 31.9 Å². The van der Waals surface area contributed by atoms with Crippen LogP contribution in [0.3, 0.4) is 0 Å². The molecule has 0 spiro atoms. The van der Waals surface area contributed by atoms with Gasteiger partial charge < -0.3 is 4.74 Å². The van der Waals surface area contributed by atoms with Crippen molar-refractivity contribution in [1.29, 1.82) is 0 Å². The number of ether oxygens (including phenoxy) is 1. The standard InChI is InChI=1S/C15H18ClFO3S/c16-8-12(10-3-4-21(18,19)9-10)7-14-6-11-5-13(17)1-2-15(11)20-14/h1-2,5,10,12,14H,3-4,6-9H2. The summed E-state index contributed by atoms with van der Waals surface area (Å²) in [6, 6.07) is 4.55. The fraction of sp³-hybridized carbons (Fsp3) is 0.600. The van der Waals surface area contributed by atoms with Crippen LogP contribution in [0.5, 0.6) is 5.75 Å². The molecule has 0 radical (unpaired) electrons. The Morgan fingerprint density at radius 3 is 2.90 bits per heavy atom. The third kappa shape index (κ3) is 3.34. The maximum Gasteiger partial charge on any atom is 0.150 e. The number of rotatable bonds is 4. The van der Waals surface area contributed by atoms with Crippen LogP contribution in [0.1, 0.15) is 18.4 Å². The molecule has 1 saturated heterocycles. The number of fused-ring (bicyclic) bond motifs is 1. The predicted molar refractivity (Wildman–Crippen MR) is 80.1 cm³/mol. The van der Waals surface area contributed by atoms with E-state index < -0.39 is 9.84 Å². The molecule has 3 rings (SSSR count). The van der Waals surface area contributed by atoms with Crippen LogP contribution in [-0.2, 0) is 16.3 Å². The van der Waals surface area contributed by atoms with Gasteiger partial charge in [0.2, 0.25) is 0 Å². The monoisotopic (exact) mass is 332 g/mol. The van der Waals surface area contributed by atoms with Crippen molar-refractivity contribution in [3.05, 3.63) is 29.6 Å². The molecular formula is C15H18ClFO3S. The molecule has 0 aliphatic carbocycles. The Hall–Kier alpha value is -0.810. The minimum Gasteiger partial charge on any atom is -0.490 e. The maximum absolute atomic E-state index is 13.2. The molecule has 0 amide bonds. The zero-order valence-electron chi connectivity index (χ0n) is 11.6. The highest BCUT2D eigenvalue weighted by Crippen LogP contribution is 2.35. The van der Waals surface area contributed by atoms with E-state index in [1.54, 1.807) is 6.07 Å². The lowest BCUT2D eigenvalue weighted by Crippen LogP contribution is -2.25. The topological polar surface area (TPSA) is 43.4 Å². The van der Waals surface area contributed by atoms with E-state index in [2.05, 4.69) is 0 Å². The summed E-state index contributed by atoms with van der Waals surface area (Å²) in [5, 5.41) is 0. The molecule has 1 aromatic carbocycles. The SMILES string of the molecule is O=S1(=O)CCC(C(CCl)CC2Cc3cc(F)ccc3O2)C1. The van der Waals surface area contributed by atoms with E-state index in [0.29, 0.717) is 18.7 Å². The van der Waals surface area contributed by atoms with E-state index in [9.17, 15) is 12.8 Å². The zero-order valence-corrected chi connectivity index (χ0v) is 13.2. The van der Waals surface area contributed by atoms with Crippen molar-refractivity contribution in [2.24, 2.45) is 11.8 Å². The first-order valence-electron chi connectivity index (χ1n) is 7.18. The lowest BCUT2D eigenvalue weighted by molar-refractivity contribution is 0.180. The van der Waals surface area contributed by atoms with Gasteiger partial charge in [0, 0.05) is 17.9 Å². The number of hydrogen-bond acceptors (Lipinski definition) is 3. The lowest BCUT2D eigenvalue weighted by Gasteiger charge is -2.23. The lowest BCUT2D eigenvalue weighted by atomic mass is 9.87. The van der Waals surface area contributed by atoms with Crippen LogP contribution in [0.4, 0.5) is 4.39 Å². The Labute approximate surface area is 129 Å². The maximum atomic E-state index is 13.2. The van der Waals surface area contributed by atoms with Gasteiger partial charge >= 0.3 is 0 Å². The van der Waals surface area contributed by atoms with Gasteiger partial charge in [0.05, 0.1) is 11.5 Å². The largest absolute Gasteiger partial charge is 0.490 e. The number of alkyl halides is 1. The van der Waals surface area contributed by atoms with Crippen molar-refractivity contribution < 1.29 is 17.5 Å². The van der Waals surface area contributed by atoms with Gasteiger partial charge in [-0.3, -0.25) is 0 Å². The average Bonchev–Trinajstić information content (AvgIpc) is 2.98. The summed E-state index contributed by atoms with van der Waals surface area (Å²) >= 11 is 6.05. The van der Waals surface area contributed by atoms with E-state index in [1.165, 1.54) is 12.1 Å². The van der Waals surface area contributed by atoms with E-state index in [1.807, 2.05) is 0 Å². The molecule has 21 heavy (non-hydrogen) atoms. The second-order valence-corrected chi connectivity index (χ2v) is 8.55. The van der Waals surface area contributed by atoms with Crippen LogP contribution in [0.15, 0.2) is 18.2 Å². The molecule has 3 atom stereocenters. The zero-order chi connectivity index (χ0) is 15.0. The first-order valence-corrected chi connectivity index (χ1v) is 9.54. The number of hydrogen-bond donors (Lipinski definition) is 0. The van der Waals surface area contributed by atoms with Gasteiger partial charge in [-0.2, -0.15) is 0 Å². The quantitative estimate of drug-likeness (QED) is 0.796. The number of benzene rings is 1. The summed E-state index contributed by atoms with van der Waals surface area (Å²) in [4.78, 5) is 0. The molecule has 3 nitrogen and oxygen atoms in total.